The van der Waals surface area contributed by atoms with Crippen LogP contribution in [0, 0.1) is 6.92 Å². The van der Waals surface area contributed by atoms with Gasteiger partial charge in [0, 0.05) is 37.4 Å². The lowest BCUT2D eigenvalue weighted by atomic mass is 9.92. The van der Waals surface area contributed by atoms with Crippen LogP contribution in [-0.2, 0) is 24.2 Å². The van der Waals surface area contributed by atoms with Gasteiger partial charge >= 0.3 is 5.97 Å². The van der Waals surface area contributed by atoms with Crippen molar-refractivity contribution >= 4 is 23.5 Å². The fraction of sp³-hybridized carbons (Fsp3) is 0.448. The molecule has 6 N–H and O–H groups in total. The second kappa shape index (κ2) is 14.3. The molecular weight excluding hydrogens is 508 g/mol. The summed E-state index contributed by atoms with van der Waals surface area (Å²) in [6, 6.07) is 5.51. The van der Waals surface area contributed by atoms with Gasteiger partial charge in [0.2, 0.25) is 0 Å². The number of hydrogen-bond donors (Lipinski definition) is 5. The monoisotopic (exact) mass is 546 g/mol. The molecule has 212 valence electrons. The van der Waals surface area contributed by atoms with E-state index in [0.717, 1.165) is 80.6 Å². The van der Waals surface area contributed by atoms with E-state index >= 15 is 0 Å². The lowest BCUT2D eigenvalue weighted by Crippen LogP contribution is -2.25. The highest BCUT2D eigenvalue weighted by Gasteiger charge is 2.18. The van der Waals surface area contributed by atoms with E-state index in [2.05, 4.69) is 37.1 Å². The molecule has 1 aliphatic rings. The van der Waals surface area contributed by atoms with Gasteiger partial charge in [-0.2, -0.15) is 0 Å². The lowest BCUT2D eigenvalue weighted by molar-refractivity contribution is -0.137. The van der Waals surface area contributed by atoms with E-state index in [1.165, 1.54) is 11.8 Å². The molecule has 0 bridgehead atoms. The van der Waals surface area contributed by atoms with Crippen molar-refractivity contribution in [2.24, 2.45) is 5.84 Å². The Morgan fingerprint density at radius 1 is 1.10 bits per heavy atom. The number of carboxylic acids is 1. The van der Waals surface area contributed by atoms with Crippen molar-refractivity contribution in [3.05, 3.63) is 70.6 Å². The number of carbonyl (C=O) groups is 2. The summed E-state index contributed by atoms with van der Waals surface area (Å²) < 4.78 is 0. The molecule has 11 nitrogen and oxygen atoms in total. The summed E-state index contributed by atoms with van der Waals surface area (Å²) >= 11 is 0. The number of nitrogens with one attached hydrogen (secondary N) is 3. The van der Waals surface area contributed by atoms with Crippen molar-refractivity contribution in [2.45, 2.75) is 77.2 Å². The zero-order chi connectivity index (χ0) is 28.3. The van der Waals surface area contributed by atoms with E-state index < -0.39 is 5.97 Å². The molecule has 1 aliphatic heterocycles. The number of aromatic nitrogens is 4. The maximum Gasteiger partial charge on any atom is 0.303 e. The van der Waals surface area contributed by atoms with Gasteiger partial charge in [-0.05, 0) is 79.8 Å². The molecule has 0 saturated heterocycles. The smallest absolute Gasteiger partial charge is 0.303 e. The molecule has 0 radical (unpaired) electrons. The van der Waals surface area contributed by atoms with Crippen LogP contribution in [0.15, 0.2) is 36.8 Å². The quantitative estimate of drug-likeness (QED) is 0.114. The Morgan fingerprint density at radius 2 is 1.90 bits per heavy atom. The Bertz CT molecular complexity index is 1280. The second-order valence-electron chi connectivity index (χ2n) is 10.2. The molecule has 3 aromatic rings. The molecule has 1 amide bonds. The molecule has 40 heavy (non-hydrogen) atoms. The number of nitrogens with zero attached hydrogens (tertiary/aromatic N) is 4. The number of pyridine rings is 2. The number of nitrogen functional groups attached to an aromatic ring is 1. The van der Waals surface area contributed by atoms with E-state index in [0.29, 0.717) is 23.8 Å². The van der Waals surface area contributed by atoms with Gasteiger partial charge in [-0.3, -0.25) is 9.59 Å². The molecule has 4 heterocycles. The Balaban J connectivity index is 1.31. The second-order valence-corrected chi connectivity index (χ2v) is 10.2. The number of carboxylic acid groups (broad SMARTS) is 1. The van der Waals surface area contributed by atoms with Gasteiger partial charge in [0.1, 0.15) is 17.5 Å². The van der Waals surface area contributed by atoms with Crippen LogP contribution in [-0.4, -0.2) is 43.5 Å². The third-order valence-electron chi connectivity index (χ3n) is 7.21. The number of carbonyl (C=O) groups excluding carboxylic acids is 1. The number of aliphatic carboxylic acids is 1. The summed E-state index contributed by atoms with van der Waals surface area (Å²) in [5, 5.41) is 15.8. The van der Waals surface area contributed by atoms with E-state index in [9.17, 15) is 14.7 Å². The number of nitrogens with two attached hydrogens (primary N) is 1. The van der Waals surface area contributed by atoms with Crippen LogP contribution in [0.5, 0.6) is 0 Å². The largest absolute Gasteiger partial charge is 0.481 e. The highest BCUT2D eigenvalue weighted by atomic mass is 16.4. The van der Waals surface area contributed by atoms with E-state index in [4.69, 9.17) is 10.8 Å². The van der Waals surface area contributed by atoms with Crippen molar-refractivity contribution in [1.29, 1.82) is 0 Å². The molecule has 0 saturated carbocycles. The van der Waals surface area contributed by atoms with Crippen LogP contribution in [0.1, 0.15) is 89.4 Å². The first-order valence-corrected chi connectivity index (χ1v) is 13.9. The van der Waals surface area contributed by atoms with Crippen LogP contribution in [0.4, 0.5) is 11.6 Å². The van der Waals surface area contributed by atoms with Crippen molar-refractivity contribution in [3.8, 4) is 0 Å². The predicted molar refractivity (Wildman–Crippen MR) is 153 cm³/mol. The summed E-state index contributed by atoms with van der Waals surface area (Å²) in [6.45, 7) is 3.13. The van der Waals surface area contributed by atoms with Crippen LogP contribution >= 0.6 is 0 Å². The van der Waals surface area contributed by atoms with Gasteiger partial charge < -0.3 is 21.2 Å². The Morgan fingerprint density at radius 3 is 2.62 bits per heavy atom. The number of rotatable bonds is 14. The summed E-state index contributed by atoms with van der Waals surface area (Å²) in [4.78, 5) is 41.6. The maximum atomic E-state index is 12.7. The molecule has 3 aromatic heterocycles. The van der Waals surface area contributed by atoms with Crippen molar-refractivity contribution in [3.63, 3.8) is 0 Å². The molecule has 0 aromatic carbocycles. The fourth-order valence-corrected chi connectivity index (χ4v) is 4.98. The van der Waals surface area contributed by atoms with Crippen LogP contribution in [0.2, 0.25) is 0 Å². The first-order chi connectivity index (χ1) is 19.4. The van der Waals surface area contributed by atoms with Crippen molar-refractivity contribution in [2.75, 3.05) is 17.3 Å². The Kier molecular flexibility index (Phi) is 10.3. The van der Waals surface area contributed by atoms with Gasteiger partial charge in [0.15, 0.2) is 0 Å². The number of unbranched alkanes of at least 4 members (excludes halogenated alkanes) is 3. The highest BCUT2D eigenvalue weighted by Crippen LogP contribution is 2.27. The minimum atomic E-state index is -0.807. The summed E-state index contributed by atoms with van der Waals surface area (Å²) in [5.74, 6) is 6.38. The average molecular weight is 547 g/mol. The van der Waals surface area contributed by atoms with Gasteiger partial charge in [0.25, 0.3) is 5.91 Å². The number of fused-ring (bicyclic) bond motifs is 1. The number of hydrazine groups is 1. The number of aryl methyl sites for hydroxylation is 3. The molecular formula is C29H38N8O3. The molecule has 0 spiro atoms. The van der Waals surface area contributed by atoms with Crippen molar-refractivity contribution in [1.82, 2.24) is 25.3 Å². The van der Waals surface area contributed by atoms with E-state index in [1.807, 2.05) is 6.92 Å². The number of anilines is 2. The van der Waals surface area contributed by atoms with E-state index in [1.54, 1.807) is 24.5 Å². The number of hydrogen-bond acceptors (Lipinski definition) is 9. The van der Waals surface area contributed by atoms with Gasteiger partial charge in [-0.15, -0.1) is 0 Å². The van der Waals surface area contributed by atoms with Gasteiger partial charge in [-0.1, -0.05) is 19.3 Å². The Labute approximate surface area is 234 Å². The topological polar surface area (TPSA) is 168 Å². The summed E-state index contributed by atoms with van der Waals surface area (Å²) in [6.07, 6.45) is 12.6. The van der Waals surface area contributed by atoms with Gasteiger partial charge in [0.05, 0.1) is 12.0 Å². The molecule has 0 unspecified atom stereocenters. The van der Waals surface area contributed by atoms with Crippen LogP contribution in [0.25, 0.3) is 0 Å². The highest BCUT2D eigenvalue weighted by molar-refractivity contribution is 5.94. The molecule has 0 aliphatic carbocycles. The lowest BCUT2D eigenvalue weighted by Gasteiger charge is -2.20. The third-order valence-corrected chi connectivity index (χ3v) is 7.21. The molecule has 1 atom stereocenters. The first-order valence-electron chi connectivity index (χ1n) is 13.9. The van der Waals surface area contributed by atoms with Gasteiger partial charge in [-0.25, -0.2) is 25.8 Å². The SMILES string of the molecule is Cc1ncc([C@@H](CCCCCCc2nc3c(cc2CNC(=O)c2ccc(NN)nc2)CCCN3)CC(=O)O)cn1. The molecule has 0 fully saturated rings. The molecule has 11 heteroatoms. The minimum absolute atomic E-state index is 0.0810. The maximum absolute atomic E-state index is 12.7. The fourth-order valence-electron chi connectivity index (χ4n) is 4.98. The summed E-state index contributed by atoms with van der Waals surface area (Å²) in [5.41, 5.74) is 7.01. The summed E-state index contributed by atoms with van der Waals surface area (Å²) in [7, 11) is 0. The van der Waals surface area contributed by atoms with Crippen molar-refractivity contribution < 1.29 is 14.7 Å². The number of amides is 1. The first kappa shape index (κ1) is 28.9. The standard InChI is InChI=1S/C29H38N8O3/c1-19-32-17-24(18-33-19)20(14-27(38)39)7-4-2-3-5-9-25-23(13-21-8-6-12-31-28(21)36-25)16-35-29(40)22-10-11-26(37-30)34-15-22/h10-11,13,15,17-18,20H,2-9,12,14,16,30H2,1H3,(H,31,36)(H,34,37)(H,35,40)(H,38,39)/t20-/m0/s1. The minimum Gasteiger partial charge on any atom is -0.481 e. The zero-order valence-electron chi connectivity index (χ0n) is 22.9. The molecule has 4 rings (SSSR count). The zero-order valence-corrected chi connectivity index (χ0v) is 22.9. The van der Waals surface area contributed by atoms with Crippen LogP contribution < -0.4 is 21.9 Å². The third kappa shape index (κ3) is 8.19. The Hall–Kier alpha value is -4.12. The van der Waals surface area contributed by atoms with Crippen LogP contribution in [0.3, 0.4) is 0 Å². The average Bonchev–Trinajstić information content (AvgIpc) is 2.97. The normalized spacial score (nSPS) is 13.2. The van der Waals surface area contributed by atoms with E-state index in [-0.39, 0.29) is 18.2 Å². The predicted octanol–water partition coefficient (Wildman–Crippen LogP) is 3.90.